The second kappa shape index (κ2) is 6.73. The summed E-state index contributed by atoms with van der Waals surface area (Å²) in [6.07, 6.45) is 0. The van der Waals surface area contributed by atoms with Crippen LogP contribution in [0.1, 0.15) is 21.5 Å². The summed E-state index contributed by atoms with van der Waals surface area (Å²) < 4.78 is 10.8. The van der Waals surface area contributed by atoms with Crippen molar-refractivity contribution in [2.75, 3.05) is 7.11 Å². The second-order valence-electron chi connectivity index (χ2n) is 4.27. The van der Waals surface area contributed by atoms with Gasteiger partial charge in [0, 0.05) is 5.56 Å². The molecule has 104 valence electrons. The summed E-state index contributed by atoms with van der Waals surface area (Å²) in [6, 6.07) is 14.7. The third kappa shape index (κ3) is 3.36. The van der Waals surface area contributed by atoms with Gasteiger partial charge in [0.15, 0.2) is 0 Å². The summed E-state index contributed by atoms with van der Waals surface area (Å²) in [5.41, 5.74) is 1.80. The van der Waals surface area contributed by atoms with Crippen LogP contribution >= 0.6 is 0 Å². The Labute approximate surface area is 117 Å². The van der Waals surface area contributed by atoms with Gasteiger partial charge in [-0.25, -0.2) is 4.79 Å². The quantitative estimate of drug-likeness (QED) is 0.877. The van der Waals surface area contributed by atoms with Gasteiger partial charge in [0.05, 0.1) is 25.9 Å². The molecule has 2 rings (SSSR count). The summed E-state index contributed by atoms with van der Waals surface area (Å²) in [5, 5.41) is 9.19. The van der Waals surface area contributed by atoms with Crippen molar-refractivity contribution in [3.8, 4) is 5.75 Å². The molecule has 0 radical (unpaired) electrons. The van der Waals surface area contributed by atoms with Crippen LogP contribution in [0.25, 0.3) is 0 Å². The van der Waals surface area contributed by atoms with Crippen LogP contribution in [0.4, 0.5) is 0 Å². The van der Waals surface area contributed by atoms with Crippen molar-refractivity contribution >= 4 is 5.97 Å². The molecule has 0 saturated carbocycles. The average molecular weight is 272 g/mol. The van der Waals surface area contributed by atoms with Crippen molar-refractivity contribution in [2.24, 2.45) is 0 Å². The predicted molar refractivity (Wildman–Crippen MR) is 74.9 cm³/mol. The first-order valence-electron chi connectivity index (χ1n) is 6.23. The van der Waals surface area contributed by atoms with Crippen LogP contribution in [0.15, 0.2) is 48.5 Å². The van der Waals surface area contributed by atoms with E-state index in [1.807, 2.05) is 30.3 Å². The lowest BCUT2D eigenvalue weighted by Gasteiger charge is -2.12. The summed E-state index contributed by atoms with van der Waals surface area (Å²) >= 11 is 0. The standard InChI is InChI=1S/C16H16O4/c1-19-15-9-5-8-13(16(17)18)14(15)11-20-10-12-6-3-2-4-7-12/h2-9H,10-11H2,1H3,(H,17,18). The van der Waals surface area contributed by atoms with E-state index in [0.29, 0.717) is 17.9 Å². The number of benzene rings is 2. The molecule has 4 heteroatoms. The highest BCUT2D eigenvalue weighted by atomic mass is 16.5. The van der Waals surface area contributed by atoms with Crippen LogP contribution in [0.5, 0.6) is 5.75 Å². The predicted octanol–water partition coefficient (Wildman–Crippen LogP) is 3.11. The van der Waals surface area contributed by atoms with Crippen molar-refractivity contribution < 1.29 is 19.4 Å². The SMILES string of the molecule is COc1cccc(C(=O)O)c1COCc1ccccc1. The third-order valence-electron chi connectivity index (χ3n) is 2.94. The molecule has 0 saturated heterocycles. The Morgan fingerprint density at radius 1 is 1.05 bits per heavy atom. The zero-order valence-electron chi connectivity index (χ0n) is 11.2. The molecule has 2 aromatic carbocycles. The van der Waals surface area contributed by atoms with Gasteiger partial charge in [-0.3, -0.25) is 0 Å². The van der Waals surface area contributed by atoms with Gasteiger partial charge in [-0.05, 0) is 17.7 Å². The highest BCUT2D eigenvalue weighted by Gasteiger charge is 2.14. The number of hydrogen-bond acceptors (Lipinski definition) is 3. The molecule has 0 aliphatic heterocycles. The van der Waals surface area contributed by atoms with E-state index in [1.54, 1.807) is 18.2 Å². The van der Waals surface area contributed by atoms with E-state index in [-0.39, 0.29) is 12.2 Å². The van der Waals surface area contributed by atoms with E-state index >= 15 is 0 Å². The molecule has 0 aliphatic carbocycles. The molecule has 20 heavy (non-hydrogen) atoms. The Morgan fingerprint density at radius 3 is 2.45 bits per heavy atom. The fourth-order valence-corrected chi connectivity index (χ4v) is 1.95. The van der Waals surface area contributed by atoms with E-state index in [2.05, 4.69) is 0 Å². The molecule has 2 aromatic rings. The van der Waals surface area contributed by atoms with Crippen molar-refractivity contribution in [1.82, 2.24) is 0 Å². The Balaban J connectivity index is 2.10. The topological polar surface area (TPSA) is 55.8 Å². The molecular formula is C16H16O4. The van der Waals surface area contributed by atoms with Crippen molar-refractivity contribution in [3.05, 3.63) is 65.2 Å². The van der Waals surface area contributed by atoms with Crippen molar-refractivity contribution in [2.45, 2.75) is 13.2 Å². The molecule has 4 nitrogen and oxygen atoms in total. The Kier molecular flexibility index (Phi) is 4.74. The molecule has 0 heterocycles. The normalized spacial score (nSPS) is 10.2. The lowest BCUT2D eigenvalue weighted by Crippen LogP contribution is -2.06. The first-order chi connectivity index (χ1) is 9.72. The highest BCUT2D eigenvalue weighted by Crippen LogP contribution is 2.23. The van der Waals surface area contributed by atoms with Crippen molar-refractivity contribution in [3.63, 3.8) is 0 Å². The Morgan fingerprint density at radius 2 is 1.80 bits per heavy atom. The van der Waals surface area contributed by atoms with Gasteiger partial charge in [0.2, 0.25) is 0 Å². The zero-order chi connectivity index (χ0) is 14.4. The largest absolute Gasteiger partial charge is 0.496 e. The van der Waals surface area contributed by atoms with E-state index in [9.17, 15) is 9.90 Å². The second-order valence-corrected chi connectivity index (χ2v) is 4.27. The van der Waals surface area contributed by atoms with Crippen LogP contribution in [0, 0.1) is 0 Å². The van der Waals surface area contributed by atoms with Gasteiger partial charge in [-0.15, -0.1) is 0 Å². The maximum absolute atomic E-state index is 11.2. The van der Waals surface area contributed by atoms with E-state index in [1.165, 1.54) is 7.11 Å². The van der Waals surface area contributed by atoms with Gasteiger partial charge in [0.25, 0.3) is 0 Å². The van der Waals surface area contributed by atoms with Gasteiger partial charge < -0.3 is 14.6 Å². The van der Waals surface area contributed by atoms with Gasteiger partial charge in [0.1, 0.15) is 5.75 Å². The minimum Gasteiger partial charge on any atom is -0.496 e. The van der Waals surface area contributed by atoms with Crippen LogP contribution in [-0.2, 0) is 18.0 Å². The van der Waals surface area contributed by atoms with Crippen LogP contribution in [-0.4, -0.2) is 18.2 Å². The number of ether oxygens (including phenoxy) is 2. The summed E-state index contributed by atoms with van der Waals surface area (Å²) in [5.74, 6) is -0.458. The first-order valence-corrected chi connectivity index (χ1v) is 6.23. The summed E-state index contributed by atoms with van der Waals surface area (Å²) in [6.45, 7) is 0.624. The smallest absolute Gasteiger partial charge is 0.336 e. The van der Waals surface area contributed by atoms with Gasteiger partial charge >= 0.3 is 5.97 Å². The minimum atomic E-state index is -0.984. The molecular weight excluding hydrogens is 256 g/mol. The number of methoxy groups -OCH3 is 1. The highest BCUT2D eigenvalue weighted by molar-refractivity contribution is 5.90. The number of rotatable bonds is 6. The molecule has 0 atom stereocenters. The number of carboxylic acid groups (broad SMARTS) is 1. The Hall–Kier alpha value is -2.33. The molecule has 0 aromatic heterocycles. The number of carboxylic acids is 1. The average Bonchev–Trinajstić information content (AvgIpc) is 2.48. The number of hydrogen-bond donors (Lipinski definition) is 1. The minimum absolute atomic E-state index is 0.195. The molecule has 0 spiro atoms. The molecule has 0 amide bonds. The maximum Gasteiger partial charge on any atom is 0.336 e. The molecule has 0 unspecified atom stereocenters. The van der Waals surface area contributed by atoms with Crippen molar-refractivity contribution in [1.29, 1.82) is 0 Å². The third-order valence-corrected chi connectivity index (χ3v) is 2.94. The van der Waals surface area contributed by atoms with E-state index in [0.717, 1.165) is 5.56 Å². The summed E-state index contributed by atoms with van der Waals surface area (Å²) in [4.78, 5) is 11.2. The van der Waals surface area contributed by atoms with Crippen LogP contribution in [0.3, 0.4) is 0 Å². The van der Waals surface area contributed by atoms with Gasteiger partial charge in [-0.2, -0.15) is 0 Å². The Bertz CT molecular complexity index is 578. The maximum atomic E-state index is 11.2. The lowest BCUT2D eigenvalue weighted by molar-refractivity contribution is 0.0682. The number of carbonyl (C=O) groups is 1. The first kappa shape index (κ1) is 14.1. The van der Waals surface area contributed by atoms with Crippen LogP contribution in [0.2, 0.25) is 0 Å². The van der Waals surface area contributed by atoms with E-state index < -0.39 is 5.97 Å². The molecule has 1 N–H and O–H groups in total. The molecule has 0 bridgehead atoms. The monoisotopic (exact) mass is 272 g/mol. The fourth-order valence-electron chi connectivity index (χ4n) is 1.95. The summed E-state index contributed by atoms with van der Waals surface area (Å²) in [7, 11) is 1.52. The number of aromatic carboxylic acids is 1. The van der Waals surface area contributed by atoms with Crippen LogP contribution < -0.4 is 4.74 Å². The molecule has 0 aliphatic rings. The van der Waals surface area contributed by atoms with E-state index in [4.69, 9.17) is 9.47 Å². The van der Waals surface area contributed by atoms with Gasteiger partial charge in [-0.1, -0.05) is 36.4 Å². The lowest BCUT2D eigenvalue weighted by atomic mass is 10.1. The molecule has 0 fully saturated rings. The zero-order valence-corrected chi connectivity index (χ0v) is 11.2. The fraction of sp³-hybridized carbons (Fsp3) is 0.188.